The second-order valence-electron chi connectivity index (χ2n) is 24.8. The van der Waals surface area contributed by atoms with Crippen molar-refractivity contribution in [3.05, 3.63) is 334 Å². The van der Waals surface area contributed by atoms with Crippen LogP contribution < -0.4 is 9.80 Å². The Hall–Kier alpha value is -10.3. The van der Waals surface area contributed by atoms with E-state index in [-0.39, 0.29) is 11.8 Å². The van der Waals surface area contributed by atoms with E-state index < -0.39 is 0 Å². The van der Waals surface area contributed by atoms with Crippen LogP contribution in [-0.2, 0) is 19.3 Å². The molecule has 0 amide bonds. The lowest BCUT2D eigenvalue weighted by molar-refractivity contribution is 0.723. The third-order valence-corrected chi connectivity index (χ3v) is 19.6. The number of hydrogen-bond donors (Lipinski definition) is 0. The van der Waals surface area contributed by atoms with E-state index in [0.29, 0.717) is 0 Å². The van der Waals surface area contributed by atoms with Crippen molar-refractivity contribution in [3.8, 4) is 33.4 Å². The molecule has 0 aliphatic heterocycles. The van der Waals surface area contributed by atoms with Crippen molar-refractivity contribution in [1.82, 2.24) is 0 Å². The summed E-state index contributed by atoms with van der Waals surface area (Å²) in [6.45, 7) is 0. The zero-order valence-electron chi connectivity index (χ0n) is 49.4. The predicted octanol–water partition coefficient (Wildman–Crippen LogP) is 23.1. The minimum Gasteiger partial charge on any atom is -0.314 e. The highest BCUT2D eigenvalue weighted by atomic mass is 15.2. The molecule has 0 saturated carbocycles. The van der Waals surface area contributed by atoms with Gasteiger partial charge in [-0.05, 0) is 252 Å². The number of fused-ring (bicyclic) bond motifs is 11. The summed E-state index contributed by atoms with van der Waals surface area (Å²) in [7, 11) is 0. The second-order valence-corrected chi connectivity index (χ2v) is 24.8. The lowest BCUT2D eigenvalue weighted by Crippen LogP contribution is -2.21. The molecule has 0 N–H and O–H groups in total. The molecule has 0 bridgehead atoms. The van der Waals surface area contributed by atoms with Gasteiger partial charge in [0.15, 0.2) is 0 Å². The quantitative estimate of drug-likeness (QED) is 0.135. The molecule has 6 aliphatic rings. The molecule has 2 atom stereocenters. The average molecular weight is 1130 g/mol. The van der Waals surface area contributed by atoms with Crippen LogP contribution in [0.3, 0.4) is 0 Å². The molecular weight excluding hydrogens is 1060 g/mol. The van der Waals surface area contributed by atoms with E-state index >= 15 is 0 Å². The van der Waals surface area contributed by atoms with Crippen molar-refractivity contribution in [2.24, 2.45) is 0 Å². The maximum absolute atomic E-state index is 2.59. The lowest BCUT2D eigenvalue weighted by atomic mass is 9.64. The maximum Gasteiger partial charge on any atom is 0.0468 e. The predicted molar refractivity (Wildman–Crippen MR) is 374 cm³/mol. The molecule has 0 heterocycles. The smallest absolute Gasteiger partial charge is 0.0468 e. The fraction of sp³-hybridized carbons (Fsp3) is 0.116. The van der Waals surface area contributed by atoms with E-state index in [1.54, 1.807) is 0 Å². The van der Waals surface area contributed by atoms with E-state index in [1.165, 1.54) is 139 Å². The van der Waals surface area contributed by atoms with Crippen LogP contribution in [0.4, 0.5) is 28.4 Å². The van der Waals surface area contributed by atoms with E-state index in [2.05, 4.69) is 301 Å². The highest BCUT2D eigenvalue weighted by Crippen LogP contribution is 2.58. The Morgan fingerprint density at radius 1 is 0.330 bits per heavy atom. The van der Waals surface area contributed by atoms with Gasteiger partial charge >= 0.3 is 0 Å². The molecule has 0 aromatic heterocycles. The zero-order chi connectivity index (χ0) is 58.1. The van der Waals surface area contributed by atoms with Gasteiger partial charge < -0.3 is 9.80 Å². The van der Waals surface area contributed by atoms with Crippen LogP contribution >= 0.6 is 0 Å². The first kappa shape index (κ1) is 52.1. The van der Waals surface area contributed by atoms with Crippen LogP contribution in [0.2, 0.25) is 0 Å². The number of benzene rings is 11. The van der Waals surface area contributed by atoms with Gasteiger partial charge in [0.05, 0.1) is 0 Å². The van der Waals surface area contributed by atoms with E-state index in [9.17, 15) is 0 Å². The molecule has 2 heteroatoms. The number of nitrogens with zero attached hydrogens (tertiary/aromatic N) is 2. The maximum atomic E-state index is 2.59. The normalized spacial score (nSPS) is 16.8. The first-order chi connectivity index (χ1) is 43.6. The Balaban J connectivity index is 0.862. The third kappa shape index (κ3) is 9.26. The van der Waals surface area contributed by atoms with Gasteiger partial charge in [0.1, 0.15) is 0 Å². The van der Waals surface area contributed by atoms with Gasteiger partial charge in [0, 0.05) is 46.0 Å². The Kier molecular flexibility index (Phi) is 13.0. The van der Waals surface area contributed by atoms with Crippen molar-refractivity contribution >= 4 is 79.4 Å². The van der Waals surface area contributed by atoms with Crippen molar-refractivity contribution in [2.75, 3.05) is 9.80 Å². The molecule has 2 unspecified atom stereocenters. The Morgan fingerprint density at radius 2 is 0.875 bits per heavy atom. The van der Waals surface area contributed by atoms with Crippen LogP contribution in [0.1, 0.15) is 99.6 Å². The fourth-order valence-electron chi connectivity index (χ4n) is 15.3. The largest absolute Gasteiger partial charge is 0.314 e. The number of rotatable bonds is 10. The Bertz CT molecular complexity index is 4800. The van der Waals surface area contributed by atoms with Gasteiger partial charge in [-0.3, -0.25) is 0 Å². The number of anilines is 5. The summed E-state index contributed by atoms with van der Waals surface area (Å²) in [5.74, 6) is 0.164. The van der Waals surface area contributed by atoms with Crippen LogP contribution in [0, 0.1) is 0 Å². The molecule has 0 saturated heterocycles. The molecule has 11 aromatic carbocycles. The molecule has 420 valence electrons. The SMILES string of the molecule is C1=Cc2cc(N(C3=CC=C(c4cc(-c5ccccc5)c(-c5ccc(N(c6ccc7c(c6)C=CCC7)c6ccc7ccccc7c6)cc5)c5c4-c4ccccc4C4C=C(c6ccc7ccccc7c6)C=CC54)CC3)c3ccc4c(c3)C=CCC4)ccc2CC1. The van der Waals surface area contributed by atoms with Gasteiger partial charge in [0.2, 0.25) is 0 Å². The highest BCUT2D eigenvalue weighted by molar-refractivity contribution is 6.01. The summed E-state index contributed by atoms with van der Waals surface area (Å²) in [5, 5.41) is 4.98. The molecule has 0 spiro atoms. The first-order valence-electron chi connectivity index (χ1n) is 31.8. The lowest BCUT2D eigenvalue weighted by Gasteiger charge is -2.39. The standard InChI is InChI=1S/C86H66N2/c1-2-21-62(22-3-1)81-56-82(63-36-41-72(42-37-63)87(74-45-32-58-17-5-10-24-66(58)51-74)75-46-33-59-18-6-11-25-67(59)52-75)85-79-29-15-14-28-78(79)83-55-71(70-31-30-57-16-4-9-23-65(57)50-70)40-49-80(83)86(85)84(81)64-38-43-73(44-39-64)88(76-47-34-60-19-7-12-26-68(60)53-76)77-48-35-61-20-8-13-27-69(61)54-77/h1-4,7,9-16,19,21-36,38-41,43-56,80,83H,5-6,8,17-18,20,37,42H2. The summed E-state index contributed by atoms with van der Waals surface area (Å²) in [6.07, 6.45) is 34.7. The van der Waals surface area contributed by atoms with Crippen molar-refractivity contribution < 1.29 is 0 Å². The molecule has 11 aromatic rings. The molecule has 88 heavy (non-hydrogen) atoms. The van der Waals surface area contributed by atoms with E-state index in [0.717, 1.165) is 68.4 Å². The fourth-order valence-corrected chi connectivity index (χ4v) is 15.3. The van der Waals surface area contributed by atoms with Crippen LogP contribution in [0.5, 0.6) is 0 Å². The first-order valence-corrected chi connectivity index (χ1v) is 31.8. The molecular formula is C86H66N2. The summed E-state index contributed by atoms with van der Waals surface area (Å²) < 4.78 is 0. The summed E-state index contributed by atoms with van der Waals surface area (Å²) in [5.41, 5.74) is 31.0. The van der Waals surface area contributed by atoms with Gasteiger partial charge in [0.25, 0.3) is 0 Å². The minimum absolute atomic E-state index is 0.0609. The molecule has 6 aliphatic carbocycles. The van der Waals surface area contributed by atoms with Gasteiger partial charge in [-0.15, -0.1) is 0 Å². The van der Waals surface area contributed by atoms with Crippen LogP contribution in [-0.4, -0.2) is 0 Å². The molecule has 0 radical (unpaired) electrons. The summed E-state index contributed by atoms with van der Waals surface area (Å²) in [4.78, 5) is 5.00. The average Bonchev–Trinajstić information content (AvgIpc) is 0.761. The topological polar surface area (TPSA) is 6.48 Å². The van der Waals surface area contributed by atoms with Gasteiger partial charge in [-0.25, -0.2) is 0 Å². The molecule has 2 nitrogen and oxygen atoms in total. The second kappa shape index (κ2) is 21.9. The number of allylic oxidation sites excluding steroid dienone is 11. The summed E-state index contributed by atoms with van der Waals surface area (Å²) >= 11 is 0. The molecule has 0 fully saturated rings. The summed E-state index contributed by atoms with van der Waals surface area (Å²) in [6, 6.07) is 85.4. The number of hydrogen-bond acceptors (Lipinski definition) is 2. The zero-order valence-corrected chi connectivity index (χ0v) is 49.4. The van der Waals surface area contributed by atoms with Crippen molar-refractivity contribution in [3.63, 3.8) is 0 Å². The van der Waals surface area contributed by atoms with E-state index in [1.807, 2.05) is 0 Å². The van der Waals surface area contributed by atoms with Crippen molar-refractivity contribution in [2.45, 2.75) is 63.2 Å². The Labute approximate surface area is 517 Å². The number of aryl methyl sites for hydroxylation is 3. The Morgan fingerprint density at radius 3 is 1.52 bits per heavy atom. The molecule has 17 rings (SSSR count). The minimum atomic E-state index is 0.0609. The monoisotopic (exact) mass is 1130 g/mol. The van der Waals surface area contributed by atoms with Gasteiger partial charge in [-0.1, -0.05) is 212 Å². The van der Waals surface area contributed by atoms with Gasteiger partial charge in [-0.2, -0.15) is 0 Å². The highest BCUT2D eigenvalue weighted by Gasteiger charge is 2.38. The third-order valence-electron chi connectivity index (χ3n) is 19.6. The van der Waals surface area contributed by atoms with E-state index in [4.69, 9.17) is 0 Å². The van der Waals surface area contributed by atoms with Crippen LogP contribution in [0.15, 0.2) is 279 Å². The van der Waals surface area contributed by atoms with Crippen LogP contribution in [0.25, 0.3) is 84.3 Å². The van der Waals surface area contributed by atoms with Crippen molar-refractivity contribution in [1.29, 1.82) is 0 Å².